The van der Waals surface area contributed by atoms with Crippen molar-refractivity contribution in [3.05, 3.63) is 0 Å². The molecule has 2 N–H and O–H groups in total. The molecule has 1 aliphatic heterocycles. The molecule has 0 aliphatic carbocycles. The van der Waals surface area contributed by atoms with E-state index in [-0.39, 0.29) is 36.1 Å². The average Bonchev–Trinajstić information content (AvgIpc) is 2.65. The zero-order valence-electron chi connectivity index (χ0n) is 11.7. The Labute approximate surface area is 113 Å². The van der Waals surface area contributed by atoms with Crippen molar-refractivity contribution in [2.45, 2.75) is 45.6 Å². The quantitative estimate of drug-likeness (QED) is 0.766. The highest BCUT2D eigenvalue weighted by Gasteiger charge is 2.35. The van der Waals surface area contributed by atoms with Crippen molar-refractivity contribution in [2.24, 2.45) is 5.92 Å². The molecule has 1 saturated heterocycles. The molecule has 6 nitrogen and oxygen atoms in total. The molecule has 0 aromatic heterocycles. The number of carboxylic acids is 1. The van der Waals surface area contributed by atoms with Gasteiger partial charge in [0.25, 0.3) is 0 Å². The van der Waals surface area contributed by atoms with Crippen molar-refractivity contribution in [1.29, 1.82) is 0 Å². The number of likely N-dealkylation sites (tertiary alicyclic amines) is 1. The summed E-state index contributed by atoms with van der Waals surface area (Å²) in [5.74, 6) is -1.04. The molecule has 0 bridgehead atoms. The minimum atomic E-state index is -0.981. The first-order valence-electron chi connectivity index (χ1n) is 6.49. The number of carbonyl (C=O) groups is 3. The van der Waals surface area contributed by atoms with E-state index in [1.54, 1.807) is 0 Å². The Morgan fingerprint density at radius 3 is 2.47 bits per heavy atom. The Balaban J connectivity index is 2.34. The molecule has 0 aromatic rings. The van der Waals surface area contributed by atoms with E-state index in [4.69, 9.17) is 5.11 Å². The van der Waals surface area contributed by atoms with Gasteiger partial charge in [0.05, 0.1) is 6.42 Å². The summed E-state index contributed by atoms with van der Waals surface area (Å²) in [6.07, 6.45) is 0.263. The summed E-state index contributed by atoms with van der Waals surface area (Å²) >= 11 is 0. The van der Waals surface area contributed by atoms with Gasteiger partial charge in [-0.15, -0.1) is 0 Å². The molecule has 1 rings (SSSR count). The maximum Gasteiger partial charge on any atom is 0.303 e. The van der Waals surface area contributed by atoms with Crippen LogP contribution in [-0.2, 0) is 14.4 Å². The molecule has 0 aromatic carbocycles. The molecular weight excluding hydrogens is 248 g/mol. The van der Waals surface area contributed by atoms with Crippen LogP contribution in [0.15, 0.2) is 0 Å². The summed E-state index contributed by atoms with van der Waals surface area (Å²) in [6.45, 7) is 7.02. The maximum absolute atomic E-state index is 11.8. The minimum absolute atomic E-state index is 0.0149. The van der Waals surface area contributed by atoms with Crippen LogP contribution in [0.25, 0.3) is 0 Å². The molecule has 0 unspecified atom stereocenters. The fraction of sp³-hybridized carbons (Fsp3) is 0.769. The van der Waals surface area contributed by atoms with E-state index < -0.39 is 5.97 Å². The molecule has 1 aliphatic rings. The van der Waals surface area contributed by atoms with Crippen LogP contribution in [0.1, 0.15) is 40.0 Å². The monoisotopic (exact) mass is 270 g/mol. The molecule has 1 atom stereocenters. The van der Waals surface area contributed by atoms with Gasteiger partial charge in [0.1, 0.15) is 0 Å². The summed E-state index contributed by atoms with van der Waals surface area (Å²) in [5, 5.41) is 11.2. The molecule has 0 radical (unpaired) electrons. The number of carbonyl (C=O) groups excluding carboxylic acids is 2. The van der Waals surface area contributed by atoms with E-state index in [2.05, 4.69) is 5.32 Å². The fourth-order valence-electron chi connectivity index (χ4n) is 2.13. The standard InChI is InChI=1S/C13H22N2O4/c1-13(2,3)15-8-9(6-11(15)17)7-14-10(16)4-5-12(18)19/h9H,4-8H2,1-3H3,(H,14,16)(H,18,19)/t9-/m0/s1. The van der Waals surface area contributed by atoms with Crippen LogP contribution in [0.2, 0.25) is 0 Å². The lowest BCUT2D eigenvalue weighted by atomic mass is 10.1. The minimum Gasteiger partial charge on any atom is -0.481 e. The lowest BCUT2D eigenvalue weighted by Gasteiger charge is -2.32. The molecular formula is C13H22N2O4. The smallest absolute Gasteiger partial charge is 0.303 e. The summed E-state index contributed by atoms with van der Waals surface area (Å²) < 4.78 is 0. The van der Waals surface area contributed by atoms with Crippen molar-refractivity contribution in [2.75, 3.05) is 13.1 Å². The van der Waals surface area contributed by atoms with Crippen LogP contribution >= 0.6 is 0 Å². The van der Waals surface area contributed by atoms with Crippen LogP contribution in [0.4, 0.5) is 0 Å². The Kier molecular flexibility index (Phi) is 4.91. The number of aliphatic carboxylic acids is 1. The predicted octanol–water partition coefficient (Wildman–Crippen LogP) is 0.614. The Morgan fingerprint density at radius 2 is 2.00 bits per heavy atom. The average molecular weight is 270 g/mol. The lowest BCUT2D eigenvalue weighted by Crippen LogP contribution is -2.42. The Hall–Kier alpha value is -1.59. The van der Waals surface area contributed by atoms with Gasteiger partial charge in [-0.2, -0.15) is 0 Å². The first-order valence-corrected chi connectivity index (χ1v) is 6.49. The van der Waals surface area contributed by atoms with E-state index in [0.717, 1.165) is 0 Å². The Bertz CT molecular complexity index is 373. The number of carboxylic acid groups (broad SMARTS) is 1. The highest BCUT2D eigenvalue weighted by Crippen LogP contribution is 2.25. The van der Waals surface area contributed by atoms with E-state index >= 15 is 0 Å². The molecule has 6 heteroatoms. The van der Waals surface area contributed by atoms with Crippen molar-refractivity contribution in [3.63, 3.8) is 0 Å². The first-order chi connectivity index (χ1) is 8.70. The van der Waals surface area contributed by atoms with Crippen molar-refractivity contribution < 1.29 is 19.5 Å². The van der Waals surface area contributed by atoms with Gasteiger partial charge < -0.3 is 15.3 Å². The zero-order chi connectivity index (χ0) is 14.6. The number of nitrogens with zero attached hydrogens (tertiary/aromatic N) is 1. The van der Waals surface area contributed by atoms with E-state index in [9.17, 15) is 14.4 Å². The van der Waals surface area contributed by atoms with Gasteiger partial charge in [0.2, 0.25) is 11.8 Å². The van der Waals surface area contributed by atoms with Gasteiger partial charge in [-0.25, -0.2) is 0 Å². The van der Waals surface area contributed by atoms with Gasteiger partial charge >= 0.3 is 5.97 Å². The number of rotatable bonds is 5. The zero-order valence-corrected chi connectivity index (χ0v) is 11.7. The van der Waals surface area contributed by atoms with Gasteiger partial charge in [-0.05, 0) is 20.8 Å². The van der Waals surface area contributed by atoms with Crippen molar-refractivity contribution >= 4 is 17.8 Å². The van der Waals surface area contributed by atoms with Crippen LogP contribution in [-0.4, -0.2) is 46.4 Å². The molecule has 19 heavy (non-hydrogen) atoms. The van der Waals surface area contributed by atoms with Gasteiger partial charge in [-0.1, -0.05) is 0 Å². The van der Waals surface area contributed by atoms with E-state index in [1.165, 1.54) is 0 Å². The van der Waals surface area contributed by atoms with E-state index in [1.807, 2.05) is 25.7 Å². The second-order valence-corrected chi connectivity index (χ2v) is 5.94. The largest absolute Gasteiger partial charge is 0.481 e. The second-order valence-electron chi connectivity index (χ2n) is 5.94. The van der Waals surface area contributed by atoms with Crippen LogP contribution < -0.4 is 5.32 Å². The normalized spacial score (nSPS) is 19.6. The number of hydrogen-bond donors (Lipinski definition) is 2. The van der Waals surface area contributed by atoms with Crippen LogP contribution in [0, 0.1) is 5.92 Å². The highest BCUT2D eigenvalue weighted by molar-refractivity contribution is 5.81. The van der Waals surface area contributed by atoms with Crippen molar-refractivity contribution in [1.82, 2.24) is 10.2 Å². The summed E-state index contributed by atoms with van der Waals surface area (Å²) in [4.78, 5) is 35.4. The third kappa shape index (κ3) is 4.89. The number of nitrogens with one attached hydrogen (secondary N) is 1. The summed E-state index contributed by atoms with van der Waals surface area (Å²) in [6, 6.07) is 0. The molecule has 108 valence electrons. The maximum atomic E-state index is 11.8. The van der Waals surface area contributed by atoms with E-state index in [0.29, 0.717) is 19.5 Å². The fourth-order valence-corrected chi connectivity index (χ4v) is 2.13. The van der Waals surface area contributed by atoms with Gasteiger partial charge in [-0.3, -0.25) is 14.4 Å². The third-order valence-electron chi connectivity index (χ3n) is 3.17. The number of amides is 2. The highest BCUT2D eigenvalue weighted by atomic mass is 16.4. The van der Waals surface area contributed by atoms with Gasteiger partial charge in [0, 0.05) is 37.4 Å². The SMILES string of the molecule is CC(C)(C)N1C[C@H](CNC(=O)CCC(=O)O)CC1=O. The molecule has 1 fully saturated rings. The molecule has 0 spiro atoms. The van der Waals surface area contributed by atoms with Crippen molar-refractivity contribution in [3.8, 4) is 0 Å². The van der Waals surface area contributed by atoms with Crippen LogP contribution in [0.5, 0.6) is 0 Å². The number of hydrogen-bond acceptors (Lipinski definition) is 3. The van der Waals surface area contributed by atoms with Crippen LogP contribution in [0.3, 0.4) is 0 Å². The second kappa shape index (κ2) is 6.04. The molecule has 1 heterocycles. The Morgan fingerprint density at radius 1 is 1.37 bits per heavy atom. The first kappa shape index (κ1) is 15.5. The van der Waals surface area contributed by atoms with Gasteiger partial charge in [0.15, 0.2) is 0 Å². The molecule has 0 saturated carbocycles. The topological polar surface area (TPSA) is 86.7 Å². The molecule has 2 amide bonds. The predicted molar refractivity (Wildman–Crippen MR) is 69.5 cm³/mol. The lowest BCUT2D eigenvalue weighted by molar-refractivity contribution is -0.138. The summed E-state index contributed by atoms with van der Waals surface area (Å²) in [5.41, 5.74) is -0.195. The summed E-state index contributed by atoms with van der Waals surface area (Å²) in [7, 11) is 0. The third-order valence-corrected chi connectivity index (χ3v) is 3.17.